The molecule has 5 heteroatoms. The summed E-state index contributed by atoms with van der Waals surface area (Å²) in [5, 5.41) is 15.6. The highest BCUT2D eigenvalue weighted by Crippen LogP contribution is 2.20. The Morgan fingerprint density at radius 2 is 1.96 bits per heavy atom. The van der Waals surface area contributed by atoms with E-state index in [-0.39, 0.29) is 18.2 Å². The Labute approximate surface area is 144 Å². The van der Waals surface area contributed by atoms with Crippen molar-refractivity contribution in [2.45, 2.75) is 63.8 Å². The van der Waals surface area contributed by atoms with Gasteiger partial charge in [-0.3, -0.25) is 4.90 Å². The molecule has 3 N–H and O–H groups in total. The number of nitrogens with one attached hydrogen (secondary N) is 2. The number of rotatable bonds is 4. The molecule has 2 aliphatic rings. The zero-order chi connectivity index (χ0) is 16.9. The van der Waals surface area contributed by atoms with Crippen LogP contribution in [0.25, 0.3) is 0 Å². The van der Waals surface area contributed by atoms with Gasteiger partial charge in [-0.15, -0.1) is 0 Å². The van der Waals surface area contributed by atoms with Crippen molar-refractivity contribution in [1.29, 1.82) is 0 Å². The lowest BCUT2D eigenvalue weighted by molar-refractivity contribution is 0.117. The molecule has 1 heterocycles. The van der Waals surface area contributed by atoms with Crippen LogP contribution in [0.3, 0.4) is 0 Å². The summed E-state index contributed by atoms with van der Waals surface area (Å²) in [6.45, 7) is 4.83. The van der Waals surface area contributed by atoms with Crippen molar-refractivity contribution in [2.75, 3.05) is 13.1 Å². The summed E-state index contributed by atoms with van der Waals surface area (Å²) in [5.41, 5.74) is 2.85. The molecule has 24 heavy (non-hydrogen) atoms. The fraction of sp³-hybridized carbons (Fsp3) is 0.632. The van der Waals surface area contributed by atoms with Gasteiger partial charge in [0.1, 0.15) is 0 Å². The lowest BCUT2D eigenvalue weighted by atomic mass is 9.93. The van der Waals surface area contributed by atoms with Crippen LogP contribution in [-0.4, -0.2) is 47.3 Å². The van der Waals surface area contributed by atoms with E-state index < -0.39 is 0 Å². The third-order valence-electron chi connectivity index (χ3n) is 5.37. The van der Waals surface area contributed by atoms with Crippen LogP contribution in [0.1, 0.15) is 43.7 Å². The predicted octanol–water partition coefficient (Wildman–Crippen LogP) is 2.04. The molecule has 1 unspecified atom stereocenters. The summed E-state index contributed by atoms with van der Waals surface area (Å²) in [5.74, 6) is 0. The minimum atomic E-state index is -0.187. The van der Waals surface area contributed by atoms with Gasteiger partial charge in [-0.2, -0.15) is 0 Å². The Balaban J connectivity index is 1.41. The molecule has 1 saturated carbocycles. The lowest BCUT2D eigenvalue weighted by Crippen LogP contribution is -2.49. The Morgan fingerprint density at radius 3 is 2.71 bits per heavy atom. The molecule has 1 aliphatic carbocycles. The fourth-order valence-corrected chi connectivity index (χ4v) is 3.72. The second kappa shape index (κ2) is 7.99. The van der Waals surface area contributed by atoms with Gasteiger partial charge in [0.15, 0.2) is 0 Å². The molecule has 5 nitrogen and oxygen atoms in total. The van der Waals surface area contributed by atoms with Crippen molar-refractivity contribution in [3.05, 3.63) is 35.4 Å². The van der Waals surface area contributed by atoms with Gasteiger partial charge >= 0.3 is 6.03 Å². The average molecular weight is 331 g/mol. The van der Waals surface area contributed by atoms with Gasteiger partial charge in [-0.05, 0) is 50.2 Å². The van der Waals surface area contributed by atoms with Crippen molar-refractivity contribution >= 4 is 6.03 Å². The van der Waals surface area contributed by atoms with E-state index in [9.17, 15) is 9.90 Å². The number of hydrogen-bond acceptors (Lipinski definition) is 3. The zero-order valence-corrected chi connectivity index (χ0v) is 14.5. The van der Waals surface area contributed by atoms with E-state index in [4.69, 9.17) is 0 Å². The quantitative estimate of drug-likeness (QED) is 0.791. The van der Waals surface area contributed by atoms with Gasteiger partial charge in [0.2, 0.25) is 0 Å². The fourth-order valence-electron chi connectivity index (χ4n) is 3.72. The smallest absolute Gasteiger partial charge is 0.315 e. The third-order valence-corrected chi connectivity index (χ3v) is 5.37. The number of urea groups is 1. The molecule has 1 aliphatic heterocycles. The van der Waals surface area contributed by atoms with Gasteiger partial charge in [-0.25, -0.2) is 4.79 Å². The number of amides is 2. The maximum absolute atomic E-state index is 12.1. The Morgan fingerprint density at radius 1 is 1.25 bits per heavy atom. The standard InChI is InChI=1S/C19H29N3O2/c1-14(22-11-10-15-4-2-3-5-16(15)13-22)12-20-19(24)21-17-6-8-18(23)9-7-17/h2-5,14,17-18,23H,6-13H2,1H3,(H2,20,21,24). The maximum Gasteiger partial charge on any atom is 0.315 e. The summed E-state index contributed by atoms with van der Waals surface area (Å²) in [6, 6.07) is 9.05. The monoisotopic (exact) mass is 331 g/mol. The first-order valence-electron chi connectivity index (χ1n) is 9.15. The Hall–Kier alpha value is -1.59. The lowest BCUT2D eigenvalue weighted by Gasteiger charge is -2.34. The molecule has 1 atom stereocenters. The summed E-state index contributed by atoms with van der Waals surface area (Å²) >= 11 is 0. The number of benzene rings is 1. The van der Waals surface area contributed by atoms with E-state index in [0.717, 1.165) is 45.2 Å². The van der Waals surface area contributed by atoms with Crippen molar-refractivity contribution in [3.8, 4) is 0 Å². The molecule has 1 fully saturated rings. The number of aliphatic hydroxyl groups is 1. The highest BCUT2D eigenvalue weighted by molar-refractivity contribution is 5.74. The first kappa shape index (κ1) is 17.2. The first-order chi connectivity index (χ1) is 11.6. The van der Waals surface area contributed by atoms with Gasteiger partial charge in [-0.1, -0.05) is 24.3 Å². The van der Waals surface area contributed by atoms with Crippen LogP contribution in [0.2, 0.25) is 0 Å². The van der Waals surface area contributed by atoms with E-state index in [0.29, 0.717) is 12.6 Å². The summed E-state index contributed by atoms with van der Waals surface area (Å²) in [4.78, 5) is 14.5. The van der Waals surface area contributed by atoms with E-state index >= 15 is 0 Å². The minimum Gasteiger partial charge on any atom is -0.393 e. The molecule has 1 aromatic rings. The minimum absolute atomic E-state index is 0.0827. The van der Waals surface area contributed by atoms with Crippen molar-refractivity contribution in [3.63, 3.8) is 0 Å². The predicted molar refractivity (Wildman–Crippen MR) is 94.8 cm³/mol. The van der Waals surface area contributed by atoms with Crippen molar-refractivity contribution in [2.24, 2.45) is 0 Å². The second-order valence-electron chi connectivity index (χ2n) is 7.20. The average Bonchev–Trinajstić information content (AvgIpc) is 2.61. The number of nitrogens with zero attached hydrogens (tertiary/aromatic N) is 1. The molecular weight excluding hydrogens is 302 g/mol. The summed E-state index contributed by atoms with van der Waals surface area (Å²) < 4.78 is 0. The summed E-state index contributed by atoms with van der Waals surface area (Å²) in [7, 11) is 0. The topological polar surface area (TPSA) is 64.6 Å². The van der Waals surface area contributed by atoms with Crippen LogP contribution < -0.4 is 10.6 Å². The van der Waals surface area contributed by atoms with Gasteiger partial charge < -0.3 is 15.7 Å². The number of hydrogen-bond donors (Lipinski definition) is 3. The SMILES string of the molecule is CC(CNC(=O)NC1CCC(O)CC1)N1CCc2ccccc2C1. The van der Waals surface area contributed by atoms with Gasteiger partial charge in [0.05, 0.1) is 6.10 Å². The molecule has 0 radical (unpaired) electrons. The molecule has 0 bridgehead atoms. The zero-order valence-electron chi connectivity index (χ0n) is 14.5. The molecule has 0 saturated heterocycles. The van der Waals surface area contributed by atoms with Crippen LogP contribution in [0.5, 0.6) is 0 Å². The number of fused-ring (bicyclic) bond motifs is 1. The summed E-state index contributed by atoms with van der Waals surface area (Å²) in [6.07, 6.45) is 4.20. The Bertz CT molecular complexity index is 555. The van der Waals surface area contributed by atoms with E-state index in [1.807, 2.05) is 0 Å². The highest BCUT2D eigenvalue weighted by Gasteiger charge is 2.23. The van der Waals surface area contributed by atoms with Crippen molar-refractivity contribution in [1.82, 2.24) is 15.5 Å². The van der Waals surface area contributed by atoms with Crippen molar-refractivity contribution < 1.29 is 9.90 Å². The van der Waals surface area contributed by atoms with E-state index in [2.05, 4.69) is 46.7 Å². The number of carbonyl (C=O) groups excluding carboxylic acids is 1. The van der Waals surface area contributed by atoms with Crippen LogP contribution in [0, 0.1) is 0 Å². The van der Waals surface area contributed by atoms with E-state index in [1.165, 1.54) is 11.1 Å². The molecular formula is C19H29N3O2. The third kappa shape index (κ3) is 4.48. The molecule has 1 aromatic carbocycles. The van der Waals surface area contributed by atoms with Gasteiger partial charge in [0, 0.05) is 31.7 Å². The van der Waals surface area contributed by atoms with Crippen LogP contribution in [0.4, 0.5) is 4.79 Å². The van der Waals surface area contributed by atoms with E-state index in [1.54, 1.807) is 0 Å². The highest BCUT2D eigenvalue weighted by atomic mass is 16.3. The van der Waals surface area contributed by atoms with Gasteiger partial charge in [0.25, 0.3) is 0 Å². The molecule has 0 spiro atoms. The van der Waals surface area contributed by atoms with Crippen LogP contribution in [-0.2, 0) is 13.0 Å². The normalized spacial score (nSPS) is 25.6. The largest absolute Gasteiger partial charge is 0.393 e. The molecule has 3 rings (SSSR count). The molecule has 2 amide bonds. The number of carbonyl (C=O) groups is 1. The molecule has 132 valence electrons. The molecule has 0 aromatic heterocycles. The first-order valence-corrected chi connectivity index (χ1v) is 9.15. The number of aliphatic hydroxyl groups excluding tert-OH is 1. The van der Waals surface area contributed by atoms with Crippen LogP contribution in [0.15, 0.2) is 24.3 Å². The maximum atomic E-state index is 12.1. The van der Waals surface area contributed by atoms with Crippen LogP contribution >= 0.6 is 0 Å². The Kier molecular flexibility index (Phi) is 5.74. The second-order valence-corrected chi connectivity index (χ2v) is 7.20.